The van der Waals surface area contributed by atoms with E-state index in [2.05, 4.69) is 4.90 Å². The number of pyridine rings is 1. The summed E-state index contributed by atoms with van der Waals surface area (Å²) in [5.41, 5.74) is 1.88. The number of para-hydroxylation sites is 1. The maximum atomic E-state index is 13.5. The zero-order chi connectivity index (χ0) is 20.7. The van der Waals surface area contributed by atoms with Crippen LogP contribution in [0.4, 0.5) is 0 Å². The SMILES string of the molecule is Cn1c(CN2CCCC2c2nc3ccccc3c(=O)n2C2CCCC2)cccc1=O. The molecular formula is C24H28N4O2. The van der Waals surface area contributed by atoms with Gasteiger partial charge in [-0.3, -0.25) is 19.1 Å². The van der Waals surface area contributed by atoms with Crippen LogP contribution < -0.4 is 11.1 Å². The summed E-state index contributed by atoms with van der Waals surface area (Å²) in [4.78, 5) is 33.0. The lowest BCUT2D eigenvalue weighted by atomic mass is 10.1. The van der Waals surface area contributed by atoms with Crippen LogP contribution in [-0.4, -0.2) is 25.6 Å². The van der Waals surface area contributed by atoms with Crippen LogP contribution in [0, 0.1) is 0 Å². The van der Waals surface area contributed by atoms with Gasteiger partial charge >= 0.3 is 0 Å². The van der Waals surface area contributed by atoms with Crippen LogP contribution in [0.5, 0.6) is 0 Å². The minimum atomic E-state index is 0.00920. The van der Waals surface area contributed by atoms with Crippen LogP contribution in [0.1, 0.15) is 62.1 Å². The quantitative estimate of drug-likeness (QED) is 0.667. The Labute approximate surface area is 175 Å². The zero-order valence-corrected chi connectivity index (χ0v) is 17.5. The third-order valence-corrected chi connectivity index (χ3v) is 6.84. The van der Waals surface area contributed by atoms with Gasteiger partial charge in [-0.25, -0.2) is 4.98 Å². The fraction of sp³-hybridized carbons (Fsp3) is 0.458. The Morgan fingerprint density at radius 2 is 1.77 bits per heavy atom. The van der Waals surface area contributed by atoms with Gasteiger partial charge in [-0.15, -0.1) is 0 Å². The predicted molar refractivity (Wildman–Crippen MR) is 118 cm³/mol. The Balaban J connectivity index is 1.60. The Morgan fingerprint density at radius 3 is 2.60 bits per heavy atom. The molecule has 1 saturated heterocycles. The molecule has 1 aliphatic carbocycles. The van der Waals surface area contributed by atoms with E-state index in [9.17, 15) is 9.59 Å². The van der Waals surface area contributed by atoms with E-state index in [4.69, 9.17) is 4.98 Å². The van der Waals surface area contributed by atoms with Crippen molar-refractivity contribution < 1.29 is 0 Å². The van der Waals surface area contributed by atoms with E-state index in [0.29, 0.717) is 11.9 Å². The largest absolute Gasteiger partial charge is 0.314 e. The Morgan fingerprint density at radius 1 is 0.967 bits per heavy atom. The predicted octanol–water partition coefficient (Wildman–Crippen LogP) is 3.55. The molecule has 0 amide bonds. The van der Waals surface area contributed by atoms with E-state index in [-0.39, 0.29) is 23.2 Å². The fourth-order valence-electron chi connectivity index (χ4n) is 5.19. The van der Waals surface area contributed by atoms with Crippen molar-refractivity contribution in [2.75, 3.05) is 6.54 Å². The molecule has 0 N–H and O–H groups in total. The van der Waals surface area contributed by atoms with E-state index in [1.807, 2.05) is 48.0 Å². The van der Waals surface area contributed by atoms with Crippen molar-refractivity contribution >= 4 is 10.9 Å². The van der Waals surface area contributed by atoms with Crippen molar-refractivity contribution in [3.8, 4) is 0 Å². The topological polar surface area (TPSA) is 60.1 Å². The van der Waals surface area contributed by atoms with Gasteiger partial charge in [0, 0.05) is 31.4 Å². The number of benzene rings is 1. The highest BCUT2D eigenvalue weighted by Crippen LogP contribution is 2.36. The third-order valence-electron chi connectivity index (χ3n) is 6.84. The first-order valence-corrected chi connectivity index (χ1v) is 11.0. The fourth-order valence-corrected chi connectivity index (χ4v) is 5.19. The van der Waals surface area contributed by atoms with E-state index in [1.54, 1.807) is 10.6 Å². The molecular weight excluding hydrogens is 376 g/mol. The van der Waals surface area contributed by atoms with Crippen LogP contribution in [0.2, 0.25) is 0 Å². The monoisotopic (exact) mass is 404 g/mol. The maximum Gasteiger partial charge on any atom is 0.261 e. The van der Waals surface area contributed by atoms with Crippen molar-refractivity contribution in [2.45, 2.75) is 57.2 Å². The number of hydrogen-bond donors (Lipinski definition) is 0. The molecule has 30 heavy (non-hydrogen) atoms. The summed E-state index contributed by atoms with van der Waals surface area (Å²) in [6, 6.07) is 13.5. The molecule has 1 saturated carbocycles. The first-order chi connectivity index (χ1) is 14.6. The normalized spacial score (nSPS) is 20.4. The summed E-state index contributed by atoms with van der Waals surface area (Å²) in [6.45, 7) is 1.63. The van der Waals surface area contributed by atoms with Crippen LogP contribution in [-0.2, 0) is 13.6 Å². The molecule has 156 valence electrons. The van der Waals surface area contributed by atoms with E-state index in [0.717, 1.165) is 49.3 Å². The van der Waals surface area contributed by atoms with Gasteiger partial charge < -0.3 is 4.57 Å². The third kappa shape index (κ3) is 3.29. The minimum Gasteiger partial charge on any atom is -0.314 e. The van der Waals surface area contributed by atoms with Crippen LogP contribution in [0.15, 0.2) is 52.1 Å². The molecule has 2 fully saturated rings. The Bertz CT molecular complexity index is 1190. The number of nitrogens with zero attached hydrogens (tertiary/aromatic N) is 4. The van der Waals surface area contributed by atoms with Gasteiger partial charge in [0.2, 0.25) is 5.56 Å². The van der Waals surface area contributed by atoms with E-state index in [1.165, 1.54) is 12.8 Å². The average Bonchev–Trinajstić information content (AvgIpc) is 3.43. The molecule has 6 heteroatoms. The second-order valence-corrected chi connectivity index (χ2v) is 8.64. The molecule has 6 nitrogen and oxygen atoms in total. The van der Waals surface area contributed by atoms with Crippen molar-refractivity contribution in [3.05, 3.63) is 74.7 Å². The smallest absolute Gasteiger partial charge is 0.261 e. The lowest BCUT2D eigenvalue weighted by molar-refractivity contribution is 0.223. The summed E-state index contributed by atoms with van der Waals surface area (Å²) in [5, 5.41) is 0.711. The highest BCUT2D eigenvalue weighted by atomic mass is 16.1. The van der Waals surface area contributed by atoms with Crippen molar-refractivity contribution in [1.29, 1.82) is 0 Å². The van der Waals surface area contributed by atoms with Crippen molar-refractivity contribution in [3.63, 3.8) is 0 Å². The molecule has 3 heterocycles. The summed E-state index contributed by atoms with van der Waals surface area (Å²) < 4.78 is 3.73. The first kappa shape index (κ1) is 19.2. The highest BCUT2D eigenvalue weighted by Gasteiger charge is 2.33. The molecule has 5 rings (SSSR count). The average molecular weight is 405 g/mol. The van der Waals surface area contributed by atoms with E-state index < -0.39 is 0 Å². The zero-order valence-electron chi connectivity index (χ0n) is 17.5. The van der Waals surface area contributed by atoms with Gasteiger partial charge in [0.1, 0.15) is 5.82 Å². The second-order valence-electron chi connectivity index (χ2n) is 8.64. The molecule has 0 spiro atoms. The molecule has 1 aliphatic heterocycles. The number of rotatable bonds is 4. The molecule has 1 unspecified atom stereocenters. The lowest BCUT2D eigenvalue weighted by Gasteiger charge is -2.29. The molecule has 2 aliphatic rings. The van der Waals surface area contributed by atoms with Crippen LogP contribution >= 0.6 is 0 Å². The van der Waals surface area contributed by atoms with Crippen molar-refractivity contribution in [2.24, 2.45) is 7.05 Å². The van der Waals surface area contributed by atoms with Crippen LogP contribution in [0.25, 0.3) is 10.9 Å². The minimum absolute atomic E-state index is 0.00920. The molecule has 3 aromatic rings. The van der Waals surface area contributed by atoms with Gasteiger partial charge in [0.15, 0.2) is 0 Å². The number of hydrogen-bond acceptors (Lipinski definition) is 4. The van der Waals surface area contributed by atoms with Gasteiger partial charge in [-0.2, -0.15) is 0 Å². The molecule has 1 atom stereocenters. The Kier molecular flexibility index (Phi) is 5.03. The number of aromatic nitrogens is 3. The van der Waals surface area contributed by atoms with Crippen molar-refractivity contribution in [1.82, 2.24) is 19.0 Å². The van der Waals surface area contributed by atoms with Gasteiger partial charge in [-0.05, 0) is 50.4 Å². The standard InChI is InChI=1S/C24H28N4O2/c1-26-18(10-6-14-22(26)29)16-27-15-7-13-21(27)23-25-20-12-5-4-11-19(20)24(30)28(23)17-8-2-3-9-17/h4-6,10-12,14,17,21H,2-3,7-9,13,15-16H2,1H3. The highest BCUT2D eigenvalue weighted by molar-refractivity contribution is 5.77. The summed E-state index contributed by atoms with van der Waals surface area (Å²) in [6.07, 6.45) is 6.49. The second kappa shape index (κ2) is 7.84. The van der Waals surface area contributed by atoms with E-state index >= 15 is 0 Å². The first-order valence-electron chi connectivity index (χ1n) is 11.0. The number of likely N-dealkylation sites (tertiary alicyclic amines) is 1. The molecule has 0 radical (unpaired) electrons. The summed E-state index contributed by atoms with van der Waals surface area (Å²) in [5.74, 6) is 0.907. The maximum absolute atomic E-state index is 13.5. The lowest BCUT2D eigenvalue weighted by Crippen LogP contribution is -2.34. The van der Waals surface area contributed by atoms with Gasteiger partial charge in [0.25, 0.3) is 5.56 Å². The summed E-state index contributed by atoms with van der Waals surface area (Å²) >= 11 is 0. The van der Waals surface area contributed by atoms with Crippen LogP contribution in [0.3, 0.4) is 0 Å². The molecule has 1 aromatic carbocycles. The molecule has 2 aromatic heterocycles. The Hall–Kier alpha value is -2.73. The van der Waals surface area contributed by atoms with Gasteiger partial charge in [0.05, 0.1) is 16.9 Å². The molecule has 0 bridgehead atoms. The number of fused-ring (bicyclic) bond motifs is 1. The van der Waals surface area contributed by atoms with Gasteiger partial charge in [-0.1, -0.05) is 31.0 Å². The summed E-state index contributed by atoms with van der Waals surface area (Å²) in [7, 11) is 1.82.